The molecule has 0 aliphatic heterocycles. The number of ether oxygens (including phenoxy) is 1. The van der Waals surface area contributed by atoms with Gasteiger partial charge in [0.25, 0.3) is 5.91 Å². The molecule has 1 aromatic rings. The lowest BCUT2D eigenvalue weighted by molar-refractivity contribution is -0.148. The zero-order chi connectivity index (χ0) is 15.0. The van der Waals surface area contributed by atoms with Crippen LogP contribution in [0.15, 0.2) is 30.3 Å². The standard InChI is InChI=1S/C15H19NO4/c1-3-8-12(17)13(15(19)20-4-2)16-14(18)11-9-6-5-7-10-11/h5-7,9-10,13H,3-4,8H2,1-2H3,(H,16,18). The van der Waals surface area contributed by atoms with E-state index in [1.807, 2.05) is 6.92 Å². The van der Waals surface area contributed by atoms with Crippen molar-refractivity contribution in [3.05, 3.63) is 35.9 Å². The molecule has 1 amide bonds. The van der Waals surface area contributed by atoms with Gasteiger partial charge < -0.3 is 10.1 Å². The van der Waals surface area contributed by atoms with Crippen LogP contribution in [-0.2, 0) is 14.3 Å². The zero-order valence-electron chi connectivity index (χ0n) is 11.7. The predicted octanol–water partition coefficient (Wildman–Crippen LogP) is 1.72. The fourth-order valence-corrected chi connectivity index (χ4v) is 1.69. The quantitative estimate of drug-likeness (QED) is 0.608. The van der Waals surface area contributed by atoms with Crippen LogP contribution in [0.3, 0.4) is 0 Å². The lowest BCUT2D eigenvalue weighted by atomic mass is 10.1. The van der Waals surface area contributed by atoms with Gasteiger partial charge in [-0.15, -0.1) is 0 Å². The van der Waals surface area contributed by atoms with Gasteiger partial charge >= 0.3 is 5.97 Å². The van der Waals surface area contributed by atoms with Crippen molar-refractivity contribution in [1.82, 2.24) is 5.32 Å². The number of esters is 1. The number of benzene rings is 1. The van der Waals surface area contributed by atoms with Crippen LogP contribution in [0.4, 0.5) is 0 Å². The minimum Gasteiger partial charge on any atom is -0.464 e. The number of hydrogen-bond donors (Lipinski definition) is 1. The molecule has 0 fully saturated rings. The molecule has 0 aliphatic rings. The van der Waals surface area contributed by atoms with Gasteiger partial charge in [-0.2, -0.15) is 0 Å². The smallest absolute Gasteiger partial charge is 0.336 e. The van der Waals surface area contributed by atoms with Gasteiger partial charge in [-0.1, -0.05) is 25.1 Å². The van der Waals surface area contributed by atoms with Crippen LogP contribution in [0, 0.1) is 0 Å². The molecule has 5 heteroatoms. The molecule has 0 bridgehead atoms. The summed E-state index contributed by atoms with van der Waals surface area (Å²) in [4.78, 5) is 35.7. The fraction of sp³-hybridized carbons (Fsp3) is 0.400. The maximum absolute atomic E-state index is 12.0. The van der Waals surface area contributed by atoms with Crippen molar-refractivity contribution in [3.63, 3.8) is 0 Å². The average Bonchev–Trinajstić information content (AvgIpc) is 2.45. The molecule has 20 heavy (non-hydrogen) atoms. The number of carbonyl (C=O) groups is 3. The normalized spacial score (nSPS) is 11.5. The molecule has 0 saturated carbocycles. The summed E-state index contributed by atoms with van der Waals surface area (Å²) in [5, 5.41) is 2.44. The Morgan fingerprint density at radius 1 is 1.15 bits per heavy atom. The largest absolute Gasteiger partial charge is 0.464 e. The molecule has 0 radical (unpaired) electrons. The highest BCUT2D eigenvalue weighted by molar-refractivity contribution is 6.08. The second-order valence-corrected chi connectivity index (χ2v) is 4.24. The van der Waals surface area contributed by atoms with E-state index in [2.05, 4.69) is 5.32 Å². The highest BCUT2D eigenvalue weighted by Crippen LogP contribution is 2.03. The number of nitrogens with one attached hydrogen (secondary N) is 1. The molecule has 1 unspecified atom stereocenters. The van der Waals surface area contributed by atoms with E-state index >= 15 is 0 Å². The van der Waals surface area contributed by atoms with Gasteiger partial charge in [0.05, 0.1) is 6.61 Å². The molecule has 0 saturated heterocycles. The Labute approximate surface area is 118 Å². The van der Waals surface area contributed by atoms with E-state index in [1.165, 1.54) is 0 Å². The van der Waals surface area contributed by atoms with Crippen molar-refractivity contribution in [2.75, 3.05) is 6.61 Å². The van der Waals surface area contributed by atoms with Gasteiger partial charge in [0.1, 0.15) is 0 Å². The van der Waals surface area contributed by atoms with E-state index < -0.39 is 17.9 Å². The molecule has 0 spiro atoms. The molecule has 108 valence electrons. The summed E-state index contributed by atoms with van der Waals surface area (Å²) in [5.41, 5.74) is 0.395. The molecule has 0 aromatic heterocycles. The highest BCUT2D eigenvalue weighted by atomic mass is 16.5. The Bertz CT molecular complexity index is 452. The van der Waals surface area contributed by atoms with Gasteiger partial charge in [-0.05, 0) is 25.5 Å². The van der Waals surface area contributed by atoms with Crippen molar-refractivity contribution >= 4 is 17.7 Å². The number of Topliss-reactive ketones (excluding diaryl/α,β-unsaturated/α-hetero) is 1. The van der Waals surface area contributed by atoms with E-state index in [0.717, 1.165) is 0 Å². The van der Waals surface area contributed by atoms with Crippen LogP contribution in [-0.4, -0.2) is 30.3 Å². The van der Waals surface area contributed by atoms with E-state index in [9.17, 15) is 14.4 Å². The molecule has 0 aliphatic carbocycles. The minimum atomic E-state index is -1.23. The lowest BCUT2D eigenvalue weighted by Crippen LogP contribution is -2.47. The minimum absolute atomic E-state index is 0.163. The number of carbonyl (C=O) groups excluding carboxylic acids is 3. The van der Waals surface area contributed by atoms with Gasteiger partial charge in [-0.25, -0.2) is 4.79 Å². The first kappa shape index (κ1) is 15.9. The van der Waals surface area contributed by atoms with Crippen LogP contribution < -0.4 is 5.32 Å². The van der Waals surface area contributed by atoms with Crippen molar-refractivity contribution in [1.29, 1.82) is 0 Å². The van der Waals surface area contributed by atoms with Crippen LogP contribution in [0.25, 0.3) is 0 Å². The third-order valence-corrected chi connectivity index (χ3v) is 2.65. The zero-order valence-corrected chi connectivity index (χ0v) is 11.7. The fourth-order valence-electron chi connectivity index (χ4n) is 1.69. The third kappa shape index (κ3) is 4.50. The third-order valence-electron chi connectivity index (χ3n) is 2.65. The summed E-state index contributed by atoms with van der Waals surface area (Å²) in [7, 11) is 0. The summed E-state index contributed by atoms with van der Waals surface area (Å²) in [6.07, 6.45) is 0.828. The Morgan fingerprint density at radius 3 is 2.35 bits per heavy atom. The van der Waals surface area contributed by atoms with Crippen LogP contribution >= 0.6 is 0 Å². The average molecular weight is 277 g/mol. The lowest BCUT2D eigenvalue weighted by Gasteiger charge is -2.16. The Hall–Kier alpha value is -2.17. The maximum Gasteiger partial charge on any atom is 0.336 e. The molecule has 1 atom stereocenters. The van der Waals surface area contributed by atoms with E-state index in [0.29, 0.717) is 12.0 Å². The maximum atomic E-state index is 12.0. The van der Waals surface area contributed by atoms with E-state index in [-0.39, 0.29) is 18.8 Å². The van der Waals surface area contributed by atoms with Gasteiger partial charge in [0, 0.05) is 12.0 Å². The summed E-state index contributed by atoms with van der Waals surface area (Å²) < 4.78 is 4.83. The number of amides is 1. The van der Waals surface area contributed by atoms with Crippen molar-refractivity contribution < 1.29 is 19.1 Å². The Balaban J connectivity index is 2.81. The van der Waals surface area contributed by atoms with E-state index in [1.54, 1.807) is 37.3 Å². The molecule has 1 rings (SSSR count). The highest BCUT2D eigenvalue weighted by Gasteiger charge is 2.29. The number of ketones is 1. The van der Waals surface area contributed by atoms with Crippen molar-refractivity contribution in [2.45, 2.75) is 32.7 Å². The second-order valence-electron chi connectivity index (χ2n) is 4.24. The predicted molar refractivity (Wildman–Crippen MR) is 74.2 cm³/mol. The summed E-state index contributed by atoms with van der Waals surface area (Å²) in [5.74, 6) is -1.52. The topological polar surface area (TPSA) is 72.5 Å². The first-order valence-electron chi connectivity index (χ1n) is 6.65. The molecule has 5 nitrogen and oxygen atoms in total. The molecule has 1 N–H and O–H groups in total. The van der Waals surface area contributed by atoms with Crippen LogP contribution in [0.5, 0.6) is 0 Å². The van der Waals surface area contributed by atoms with Gasteiger partial charge in [0.2, 0.25) is 0 Å². The number of rotatable bonds is 7. The van der Waals surface area contributed by atoms with Gasteiger partial charge in [-0.3, -0.25) is 9.59 Å². The van der Waals surface area contributed by atoms with Crippen LogP contribution in [0.1, 0.15) is 37.0 Å². The van der Waals surface area contributed by atoms with Crippen LogP contribution in [0.2, 0.25) is 0 Å². The first-order chi connectivity index (χ1) is 9.60. The Morgan fingerprint density at radius 2 is 1.80 bits per heavy atom. The van der Waals surface area contributed by atoms with Crippen molar-refractivity contribution in [2.24, 2.45) is 0 Å². The number of hydrogen-bond acceptors (Lipinski definition) is 4. The second kappa shape index (κ2) is 8.09. The molecular formula is C15H19NO4. The Kier molecular flexibility index (Phi) is 6.43. The van der Waals surface area contributed by atoms with Gasteiger partial charge in [0.15, 0.2) is 11.8 Å². The summed E-state index contributed by atoms with van der Waals surface area (Å²) in [6, 6.07) is 7.19. The first-order valence-corrected chi connectivity index (χ1v) is 6.65. The SMILES string of the molecule is CCCC(=O)C(NC(=O)c1ccccc1)C(=O)OCC. The summed E-state index contributed by atoms with van der Waals surface area (Å²) in [6.45, 7) is 3.65. The molecule has 0 heterocycles. The molecular weight excluding hydrogens is 258 g/mol. The van der Waals surface area contributed by atoms with E-state index in [4.69, 9.17) is 4.74 Å². The molecule has 1 aromatic carbocycles. The monoisotopic (exact) mass is 277 g/mol. The van der Waals surface area contributed by atoms with Crippen molar-refractivity contribution in [3.8, 4) is 0 Å². The summed E-state index contributed by atoms with van der Waals surface area (Å²) >= 11 is 0.